The van der Waals surface area contributed by atoms with Gasteiger partial charge >= 0.3 is 0 Å². The number of likely N-dealkylation sites (tertiary alicyclic amines) is 1. The average Bonchev–Trinajstić information content (AvgIpc) is 3.40. The van der Waals surface area contributed by atoms with Gasteiger partial charge in [-0.2, -0.15) is 0 Å². The van der Waals surface area contributed by atoms with Crippen LogP contribution in [0, 0.1) is 5.92 Å². The molecule has 1 aliphatic carbocycles. The van der Waals surface area contributed by atoms with E-state index in [-0.39, 0.29) is 12.0 Å². The third-order valence-electron chi connectivity index (χ3n) is 4.67. The molecule has 4 nitrogen and oxygen atoms in total. The fraction of sp³-hybridized carbons (Fsp3) is 0.611. The first-order valence-electron chi connectivity index (χ1n) is 8.66. The third kappa shape index (κ3) is 5.35. The standard InChI is InChI=1S/C18H24Cl2N2O2/c19-16-4-3-14(9-17(16)20)12-24-15-5-7-22(8-6-15)18(23)11-21-10-13-1-2-13/h3-4,9,13,15,21H,1-2,5-8,10-12H2. The van der Waals surface area contributed by atoms with Gasteiger partial charge in [0.2, 0.25) is 5.91 Å². The lowest BCUT2D eigenvalue weighted by atomic mass is 10.1. The molecule has 0 spiro atoms. The average molecular weight is 371 g/mol. The minimum absolute atomic E-state index is 0.197. The van der Waals surface area contributed by atoms with Crippen molar-refractivity contribution in [3.05, 3.63) is 33.8 Å². The topological polar surface area (TPSA) is 41.6 Å². The molecule has 1 aromatic carbocycles. The van der Waals surface area contributed by atoms with Gasteiger partial charge in [-0.15, -0.1) is 0 Å². The number of benzene rings is 1. The Morgan fingerprint density at radius 2 is 1.92 bits per heavy atom. The summed E-state index contributed by atoms with van der Waals surface area (Å²) in [4.78, 5) is 14.1. The molecule has 0 aromatic heterocycles. The largest absolute Gasteiger partial charge is 0.373 e. The van der Waals surface area contributed by atoms with Gasteiger partial charge in [0.25, 0.3) is 0 Å². The summed E-state index contributed by atoms with van der Waals surface area (Å²) < 4.78 is 5.96. The Labute approximate surface area is 153 Å². The number of carbonyl (C=O) groups is 1. The number of rotatable bonds is 7. The maximum absolute atomic E-state index is 12.2. The van der Waals surface area contributed by atoms with Crippen LogP contribution in [0.5, 0.6) is 0 Å². The second kappa shape index (κ2) is 8.52. The van der Waals surface area contributed by atoms with Gasteiger partial charge in [-0.25, -0.2) is 0 Å². The Hall–Kier alpha value is -0.810. The Kier molecular flexibility index (Phi) is 6.39. The maximum atomic E-state index is 12.2. The molecule has 0 radical (unpaired) electrons. The van der Waals surface area contributed by atoms with Gasteiger partial charge < -0.3 is 15.0 Å². The highest BCUT2D eigenvalue weighted by Crippen LogP contribution is 2.27. The fourth-order valence-electron chi connectivity index (χ4n) is 2.93. The molecular weight excluding hydrogens is 347 g/mol. The fourth-order valence-corrected chi connectivity index (χ4v) is 3.25. The number of nitrogens with one attached hydrogen (secondary N) is 1. The summed E-state index contributed by atoms with van der Waals surface area (Å²) in [6.45, 7) is 3.52. The minimum Gasteiger partial charge on any atom is -0.373 e. The number of piperidine rings is 1. The monoisotopic (exact) mass is 370 g/mol. The first kappa shape index (κ1) is 18.0. The maximum Gasteiger partial charge on any atom is 0.236 e. The SMILES string of the molecule is O=C(CNCC1CC1)N1CCC(OCc2ccc(Cl)c(Cl)c2)CC1. The van der Waals surface area contributed by atoms with Crippen molar-refractivity contribution in [3.63, 3.8) is 0 Å². The smallest absolute Gasteiger partial charge is 0.236 e. The number of halogens is 2. The van der Waals surface area contributed by atoms with Gasteiger partial charge in [0.15, 0.2) is 0 Å². The van der Waals surface area contributed by atoms with Gasteiger partial charge in [-0.3, -0.25) is 4.79 Å². The van der Waals surface area contributed by atoms with E-state index < -0.39 is 0 Å². The molecule has 1 aromatic rings. The number of ether oxygens (including phenoxy) is 1. The molecule has 24 heavy (non-hydrogen) atoms. The van der Waals surface area contributed by atoms with Crippen molar-refractivity contribution in [2.75, 3.05) is 26.2 Å². The molecule has 1 saturated carbocycles. The van der Waals surface area contributed by atoms with Crippen LogP contribution in [0.4, 0.5) is 0 Å². The van der Waals surface area contributed by atoms with Gasteiger partial charge in [-0.1, -0.05) is 29.3 Å². The Bertz CT molecular complexity index is 570. The summed E-state index contributed by atoms with van der Waals surface area (Å²) in [5, 5.41) is 4.38. The van der Waals surface area contributed by atoms with Gasteiger partial charge in [0, 0.05) is 13.1 Å². The third-order valence-corrected chi connectivity index (χ3v) is 5.41. The highest BCUT2D eigenvalue weighted by atomic mass is 35.5. The molecule has 1 saturated heterocycles. The quantitative estimate of drug-likeness (QED) is 0.798. The van der Waals surface area contributed by atoms with Crippen LogP contribution in [0.25, 0.3) is 0 Å². The van der Waals surface area contributed by atoms with Crippen molar-refractivity contribution >= 4 is 29.1 Å². The van der Waals surface area contributed by atoms with Crippen LogP contribution in [0.2, 0.25) is 10.0 Å². The molecule has 1 amide bonds. The van der Waals surface area contributed by atoms with Crippen molar-refractivity contribution in [2.45, 2.75) is 38.4 Å². The van der Waals surface area contributed by atoms with Crippen LogP contribution < -0.4 is 5.32 Å². The second-order valence-electron chi connectivity index (χ2n) is 6.71. The van der Waals surface area contributed by atoms with Crippen LogP contribution in [0.3, 0.4) is 0 Å². The number of amides is 1. The van der Waals surface area contributed by atoms with Gasteiger partial charge in [-0.05, 0) is 55.8 Å². The minimum atomic E-state index is 0.197. The highest BCUT2D eigenvalue weighted by Gasteiger charge is 2.24. The Balaban J connectivity index is 1.35. The molecule has 2 fully saturated rings. The molecule has 6 heteroatoms. The lowest BCUT2D eigenvalue weighted by Gasteiger charge is -2.32. The summed E-state index contributed by atoms with van der Waals surface area (Å²) in [5.74, 6) is 1.01. The summed E-state index contributed by atoms with van der Waals surface area (Å²) >= 11 is 11.9. The Morgan fingerprint density at radius 1 is 1.17 bits per heavy atom. The van der Waals surface area contributed by atoms with E-state index in [2.05, 4.69) is 5.32 Å². The van der Waals surface area contributed by atoms with Crippen molar-refractivity contribution in [1.82, 2.24) is 10.2 Å². The van der Waals surface area contributed by atoms with E-state index in [1.807, 2.05) is 17.0 Å². The highest BCUT2D eigenvalue weighted by molar-refractivity contribution is 6.42. The van der Waals surface area contributed by atoms with Crippen LogP contribution >= 0.6 is 23.2 Å². The van der Waals surface area contributed by atoms with E-state index in [0.717, 1.165) is 44.0 Å². The molecule has 3 rings (SSSR count). The molecule has 2 aliphatic rings. The molecule has 0 atom stereocenters. The van der Waals surface area contributed by atoms with E-state index in [1.165, 1.54) is 12.8 Å². The molecule has 1 heterocycles. The van der Waals surface area contributed by atoms with E-state index in [1.54, 1.807) is 6.07 Å². The number of hydrogen-bond donors (Lipinski definition) is 1. The molecular formula is C18H24Cl2N2O2. The molecule has 0 bridgehead atoms. The lowest BCUT2D eigenvalue weighted by Crippen LogP contribution is -2.44. The lowest BCUT2D eigenvalue weighted by molar-refractivity contribution is -0.133. The molecule has 0 unspecified atom stereocenters. The predicted octanol–water partition coefficient (Wildman–Crippen LogP) is 3.50. The second-order valence-corrected chi connectivity index (χ2v) is 7.53. The van der Waals surface area contributed by atoms with E-state index in [0.29, 0.717) is 23.2 Å². The van der Waals surface area contributed by atoms with Crippen LogP contribution in [-0.2, 0) is 16.1 Å². The van der Waals surface area contributed by atoms with Crippen LogP contribution in [0.15, 0.2) is 18.2 Å². The number of hydrogen-bond acceptors (Lipinski definition) is 3. The predicted molar refractivity (Wildman–Crippen MR) is 96.4 cm³/mol. The Morgan fingerprint density at radius 3 is 2.58 bits per heavy atom. The summed E-state index contributed by atoms with van der Waals surface area (Å²) in [6, 6.07) is 5.56. The normalized spacial score (nSPS) is 18.8. The van der Waals surface area contributed by atoms with Crippen molar-refractivity contribution in [2.24, 2.45) is 5.92 Å². The van der Waals surface area contributed by atoms with Gasteiger partial charge in [0.1, 0.15) is 0 Å². The first-order chi connectivity index (χ1) is 11.6. The van der Waals surface area contributed by atoms with Crippen molar-refractivity contribution in [1.29, 1.82) is 0 Å². The van der Waals surface area contributed by atoms with E-state index >= 15 is 0 Å². The molecule has 132 valence electrons. The molecule has 1 N–H and O–H groups in total. The zero-order chi connectivity index (χ0) is 16.9. The summed E-state index contributed by atoms with van der Waals surface area (Å²) in [5.41, 5.74) is 1.02. The van der Waals surface area contributed by atoms with E-state index in [9.17, 15) is 4.79 Å². The van der Waals surface area contributed by atoms with E-state index in [4.69, 9.17) is 27.9 Å². The molecule has 1 aliphatic heterocycles. The van der Waals surface area contributed by atoms with Crippen molar-refractivity contribution < 1.29 is 9.53 Å². The summed E-state index contributed by atoms with van der Waals surface area (Å²) in [6.07, 6.45) is 4.58. The van der Waals surface area contributed by atoms with Crippen LogP contribution in [0.1, 0.15) is 31.2 Å². The number of nitrogens with zero attached hydrogens (tertiary/aromatic N) is 1. The van der Waals surface area contributed by atoms with Gasteiger partial charge in [0.05, 0.1) is 29.3 Å². The number of carbonyl (C=O) groups excluding carboxylic acids is 1. The van der Waals surface area contributed by atoms with Crippen LogP contribution in [-0.4, -0.2) is 43.1 Å². The zero-order valence-corrected chi connectivity index (χ0v) is 15.3. The zero-order valence-electron chi connectivity index (χ0n) is 13.8. The first-order valence-corrected chi connectivity index (χ1v) is 9.41. The van der Waals surface area contributed by atoms with Crippen molar-refractivity contribution in [3.8, 4) is 0 Å². The summed E-state index contributed by atoms with van der Waals surface area (Å²) in [7, 11) is 0.